The second-order valence-corrected chi connectivity index (χ2v) is 6.12. The smallest absolute Gasteiger partial charge is 0.0457 e. The first-order valence-corrected chi connectivity index (χ1v) is 7.71. The van der Waals surface area contributed by atoms with Crippen LogP contribution in [0.4, 0.5) is 0 Å². The molecule has 2 aromatic rings. The van der Waals surface area contributed by atoms with Crippen molar-refractivity contribution in [3.05, 3.63) is 46.1 Å². The molecule has 0 fully saturated rings. The van der Waals surface area contributed by atoms with E-state index >= 15 is 0 Å². The molecule has 0 amide bonds. The minimum absolute atomic E-state index is 1.06. The molecule has 0 saturated heterocycles. The molecule has 3 heteroatoms. The highest BCUT2D eigenvalue weighted by Crippen LogP contribution is 2.25. The SMILES string of the molecule is CCN1CCC=C(Cc2c[nH]c3ccc(Br)cc23)C1. The zero-order valence-corrected chi connectivity index (χ0v) is 12.8. The molecule has 1 aromatic heterocycles. The highest BCUT2D eigenvalue weighted by atomic mass is 79.9. The largest absolute Gasteiger partial charge is 0.361 e. The van der Waals surface area contributed by atoms with Crippen molar-refractivity contribution in [3.8, 4) is 0 Å². The number of H-pyrrole nitrogens is 1. The van der Waals surface area contributed by atoms with E-state index in [9.17, 15) is 0 Å². The third-order valence-electron chi connectivity index (χ3n) is 3.90. The van der Waals surface area contributed by atoms with Crippen molar-refractivity contribution in [1.82, 2.24) is 9.88 Å². The third kappa shape index (κ3) is 2.77. The number of benzene rings is 1. The van der Waals surface area contributed by atoms with Crippen LogP contribution in [0.15, 0.2) is 40.5 Å². The van der Waals surface area contributed by atoms with Crippen molar-refractivity contribution < 1.29 is 0 Å². The Morgan fingerprint density at radius 1 is 1.37 bits per heavy atom. The molecule has 1 aliphatic rings. The van der Waals surface area contributed by atoms with E-state index in [2.05, 4.69) is 63.2 Å². The van der Waals surface area contributed by atoms with Crippen LogP contribution in [0.5, 0.6) is 0 Å². The highest BCUT2D eigenvalue weighted by Gasteiger charge is 2.13. The van der Waals surface area contributed by atoms with Crippen LogP contribution in [0.3, 0.4) is 0 Å². The molecule has 1 aromatic carbocycles. The van der Waals surface area contributed by atoms with Crippen molar-refractivity contribution >= 4 is 26.8 Å². The van der Waals surface area contributed by atoms with Gasteiger partial charge in [0, 0.05) is 34.7 Å². The average Bonchev–Trinajstić information content (AvgIpc) is 2.81. The van der Waals surface area contributed by atoms with Gasteiger partial charge in [-0.3, -0.25) is 4.90 Å². The van der Waals surface area contributed by atoms with Gasteiger partial charge in [-0.2, -0.15) is 0 Å². The van der Waals surface area contributed by atoms with Crippen molar-refractivity contribution in [2.45, 2.75) is 19.8 Å². The molecule has 2 nitrogen and oxygen atoms in total. The van der Waals surface area contributed by atoms with E-state index in [-0.39, 0.29) is 0 Å². The molecular weight excluding hydrogens is 300 g/mol. The summed E-state index contributed by atoms with van der Waals surface area (Å²) in [5, 5.41) is 1.34. The molecule has 0 aliphatic carbocycles. The lowest BCUT2D eigenvalue weighted by Gasteiger charge is -2.25. The van der Waals surface area contributed by atoms with Crippen molar-refractivity contribution in [2.75, 3.05) is 19.6 Å². The fourth-order valence-electron chi connectivity index (χ4n) is 2.82. The van der Waals surface area contributed by atoms with E-state index in [0.717, 1.165) is 24.0 Å². The second-order valence-electron chi connectivity index (χ2n) is 5.20. The number of likely N-dealkylation sites (N-methyl/N-ethyl adjacent to an activating group) is 1. The Morgan fingerprint density at radius 2 is 2.26 bits per heavy atom. The molecule has 0 spiro atoms. The number of nitrogens with one attached hydrogen (secondary N) is 1. The lowest BCUT2D eigenvalue weighted by molar-refractivity contribution is 0.304. The number of halogens is 1. The summed E-state index contributed by atoms with van der Waals surface area (Å²) in [6.45, 7) is 5.72. The quantitative estimate of drug-likeness (QED) is 0.843. The summed E-state index contributed by atoms with van der Waals surface area (Å²) >= 11 is 3.56. The topological polar surface area (TPSA) is 19.0 Å². The standard InChI is InChI=1S/C16H19BrN2/c1-2-19-7-3-4-12(11-19)8-13-10-18-16-6-5-14(17)9-15(13)16/h4-6,9-10,18H,2-3,7-8,11H2,1H3. The number of fused-ring (bicyclic) bond motifs is 1. The van der Waals surface area contributed by atoms with Crippen LogP contribution in [0.2, 0.25) is 0 Å². The summed E-state index contributed by atoms with van der Waals surface area (Å²) in [6, 6.07) is 6.43. The van der Waals surface area contributed by atoms with Crippen LogP contribution in [-0.2, 0) is 6.42 Å². The van der Waals surface area contributed by atoms with Crippen LogP contribution in [0.1, 0.15) is 18.9 Å². The Morgan fingerprint density at radius 3 is 3.11 bits per heavy atom. The molecule has 100 valence electrons. The zero-order chi connectivity index (χ0) is 13.2. The number of nitrogens with zero attached hydrogens (tertiary/aromatic N) is 1. The second kappa shape index (κ2) is 5.51. The molecule has 0 radical (unpaired) electrons. The van der Waals surface area contributed by atoms with Crippen LogP contribution < -0.4 is 0 Å². The Bertz CT molecular complexity index is 612. The number of hydrogen-bond acceptors (Lipinski definition) is 1. The third-order valence-corrected chi connectivity index (χ3v) is 4.39. The molecule has 1 aliphatic heterocycles. The van der Waals surface area contributed by atoms with E-state index in [1.165, 1.54) is 29.4 Å². The van der Waals surface area contributed by atoms with E-state index < -0.39 is 0 Å². The lowest BCUT2D eigenvalue weighted by Crippen LogP contribution is -2.30. The molecule has 0 atom stereocenters. The molecule has 1 N–H and O–H groups in total. The molecule has 0 bridgehead atoms. The first-order valence-electron chi connectivity index (χ1n) is 6.92. The van der Waals surface area contributed by atoms with E-state index in [0.29, 0.717) is 0 Å². The minimum Gasteiger partial charge on any atom is -0.361 e. The maximum absolute atomic E-state index is 3.56. The van der Waals surface area contributed by atoms with Gasteiger partial charge in [-0.15, -0.1) is 0 Å². The van der Waals surface area contributed by atoms with Crippen molar-refractivity contribution in [2.24, 2.45) is 0 Å². The summed E-state index contributed by atoms with van der Waals surface area (Å²) in [4.78, 5) is 5.88. The molecule has 3 rings (SSSR count). The van der Waals surface area contributed by atoms with Gasteiger partial charge in [-0.05, 0) is 43.1 Å². The monoisotopic (exact) mass is 318 g/mol. The van der Waals surface area contributed by atoms with Crippen molar-refractivity contribution in [3.63, 3.8) is 0 Å². The predicted octanol–water partition coefficient (Wildman–Crippen LogP) is 4.12. The number of aromatic amines is 1. The fourth-order valence-corrected chi connectivity index (χ4v) is 3.18. The highest BCUT2D eigenvalue weighted by molar-refractivity contribution is 9.10. The van der Waals surface area contributed by atoms with Gasteiger partial charge >= 0.3 is 0 Å². The van der Waals surface area contributed by atoms with Crippen LogP contribution in [0, 0.1) is 0 Å². The number of rotatable bonds is 3. The van der Waals surface area contributed by atoms with Gasteiger partial charge in [-0.25, -0.2) is 0 Å². The van der Waals surface area contributed by atoms with Gasteiger partial charge in [0.2, 0.25) is 0 Å². The normalized spacial score (nSPS) is 16.8. The van der Waals surface area contributed by atoms with E-state index in [1.54, 1.807) is 5.57 Å². The zero-order valence-electron chi connectivity index (χ0n) is 11.2. The fraction of sp³-hybridized carbons (Fsp3) is 0.375. The summed E-state index contributed by atoms with van der Waals surface area (Å²) in [5.41, 5.74) is 4.18. The van der Waals surface area contributed by atoms with Gasteiger partial charge in [0.25, 0.3) is 0 Å². The molecule has 0 unspecified atom stereocenters. The number of aromatic nitrogens is 1. The van der Waals surface area contributed by atoms with Crippen LogP contribution in [-0.4, -0.2) is 29.5 Å². The van der Waals surface area contributed by atoms with E-state index in [4.69, 9.17) is 0 Å². The summed E-state index contributed by atoms with van der Waals surface area (Å²) in [6.07, 6.45) is 6.83. The molecule has 2 heterocycles. The summed E-state index contributed by atoms with van der Waals surface area (Å²) < 4.78 is 1.15. The maximum atomic E-state index is 3.56. The summed E-state index contributed by atoms with van der Waals surface area (Å²) in [5.74, 6) is 0. The molecule has 0 saturated carbocycles. The first-order chi connectivity index (χ1) is 9.26. The average molecular weight is 319 g/mol. The summed E-state index contributed by atoms with van der Waals surface area (Å²) in [7, 11) is 0. The minimum atomic E-state index is 1.06. The predicted molar refractivity (Wildman–Crippen MR) is 84.5 cm³/mol. The van der Waals surface area contributed by atoms with Gasteiger partial charge in [0.05, 0.1) is 0 Å². The Kier molecular flexibility index (Phi) is 3.76. The molecule has 19 heavy (non-hydrogen) atoms. The number of hydrogen-bond donors (Lipinski definition) is 1. The van der Waals surface area contributed by atoms with Gasteiger partial charge in [0.1, 0.15) is 0 Å². The molecular formula is C16H19BrN2. The van der Waals surface area contributed by atoms with Gasteiger partial charge in [-0.1, -0.05) is 34.5 Å². The maximum Gasteiger partial charge on any atom is 0.0457 e. The van der Waals surface area contributed by atoms with Crippen LogP contribution >= 0.6 is 15.9 Å². The van der Waals surface area contributed by atoms with E-state index in [1.807, 2.05) is 0 Å². The first kappa shape index (κ1) is 12.9. The van der Waals surface area contributed by atoms with Crippen molar-refractivity contribution in [1.29, 1.82) is 0 Å². The Hall–Kier alpha value is -1.06. The van der Waals surface area contributed by atoms with Crippen LogP contribution in [0.25, 0.3) is 10.9 Å². The van der Waals surface area contributed by atoms with Gasteiger partial charge < -0.3 is 4.98 Å². The van der Waals surface area contributed by atoms with Gasteiger partial charge in [0.15, 0.2) is 0 Å². The lowest BCUT2D eigenvalue weighted by atomic mass is 10.0. The Labute approximate surface area is 122 Å². The Balaban J connectivity index is 1.85.